The second-order valence-corrected chi connectivity index (χ2v) is 6.10. The number of rotatable bonds is 4. The molecule has 0 heterocycles. The predicted octanol–water partition coefficient (Wildman–Crippen LogP) is 5.77. The minimum absolute atomic E-state index is 0.366. The molecule has 0 aliphatic carbocycles. The van der Waals surface area contributed by atoms with Crippen molar-refractivity contribution in [3.63, 3.8) is 0 Å². The van der Waals surface area contributed by atoms with E-state index >= 15 is 0 Å². The van der Waals surface area contributed by atoms with Crippen molar-refractivity contribution >= 4 is 39.1 Å². The van der Waals surface area contributed by atoms with Gasteiger partial charge in [-0.25, -0.2) is 4.39 Å². The summed E-state index contributed by atoms with van der Waals surface area (Å²) in [7, 11) is 1.61. The van der Waals surface area contributed by atoms with Gasteiger partial charge in [0.25, 0.3) is 0 Å². The van der Waals surface area contributed by atoms with Crippen molar-refractivity contribution < 1.29 is 9.13 Å². The van der Waals surface area contributed by atoms with Gasteiger partial charge in [0.1, 0.15) is 11.6 Å². The fourth-order valence-electron chi connectivity index (χ4n) is 1.86. The van der Waals surface area contributed by atoms with Crippen LogP contribution in [0.1, 0.15) is 16.5 Å². The first kappa shape index (κ1) is 15.6. The maximum atomic E-state index is 13.9. The summed E-state index contributed by atoms with van der Waals surface area (Å²) in [6.07, 6.45) is 0.514. The molecule has 0 saturated carbocycles. The summed E-state index contributed by atoms with van der Waals surface area (Å²) in [4.78, 5) is 0. The fraction of sp³-hybridized carbons (Fsp3) is 0.200. The standard InChI is InChI=1S/C15H12BrCl2FO/c1-20-10-4-2-9(3-5-10)6-13(17)11-7-14(18)12(16)8-15(11)19/h2-5,7-8,13H,6H2,1H3. The Morgan fingerprint density at radius 1 is 1.25 bits per heavy atom. The zero-order valence-corrected chi connectivity index (χ0v) is 13.8. The third kappa shape index (κ3) is 3.66. The molecule has 106 valence electrons. The van der Waals surface area contributed by atoms with Crippen LogP contribution < -0.4 is 4.74 Å². The van der Waals surface area contributed by atoms with Crippen molar-refractivity contribution in [1.82, 2.24) is 0 Å². The molecule has 2 rings (SSSR count). The molecule has 5 heteroatoms. The molecule has 0 aliphatic rings. The number of methoxy groups -OCH3 is 1. The second kappa shape index (κ2) is 6.79. The van der Waals surface area contributed by atoms with Gasteiger partial charge in [-0.2, -0.15) is 0 Å². The second-order valence-electron chi connectivity index (χ2n) is 4.31. The third-order valence-electron chi connectivity index (χ3n) is 2.95. The zero-order chi connectivity index (χ0) is 14.7. The van der Waals surface area contributed by atoms with Crippen LogP contribution in [0.25, 0.3) is 0 Å². The van der Waals surface area contributed by atoms with Gasteiger partial charge >= 0.3 is 0 Å². The first-order valence-corrected chi connectivity index (χ1v) is 7.53. The Morgan fingerprint density at radius 3 is 2.50 bits per heavy atom. The lowest BCUT2D eigenvalue weighted by Crippen LogP contribution is -1.99. The summed E-state index contributed by atoms with van der Waals surface area (Å²) in [6, 6.07) is 10.4. The lowest BCUT2D eigenvalue weighted by atomic mass is 10.0. The average Bonchev–Trinajstić information content (AvgIpc) is 2.43. The molecule has 0 radical (unpaired) electrons. The lowest BCUT2D eigenvalue weighted by molar-refractivity contribution is 0.414. The van der Waals surface area contributed by atoms with Crippen molar-refractivity contribution in [2.45, 2.75) is 11.8 Å². The van der Waals surface area contributed by atoms with Gasteiger partial charge in [-0.1, -0.05) is 23.7 Å². The Bertz CT molecular complexity index is 602. The summed E-state index contributed by atoms with van der Waals surface area (Å²) in [5.41, 5.74) is 1.40. The average molecular weight is 378 g/mol. The highest BCUT2D eigenvalue weighted by molar-refractivity contribution is 9.10. The minimum Gasteiger partial charge on any atom is -0.497 e. The molecule has 0 saturated heterocycles. The molecule has 0 aliphatic heterocycles. The van der Waals surface area contributed by atoms with Gasteiger partial charge in [-0.05, 0) is 52.2 Å². The molecular formula is C15H12BrCl2FO. The molecule has 0 fully saturated rings. The van der Waals surface area contributed by atoms with Crippen LogP contribution in [0, 0.1) is 5.82 Å². The normalized spacial score (nSPS) is 12.2. The highest BCUT2D eigenvalue weighted by Crippen LogP contribution is 2.33. The van der Waals surface area contributed by atoms with Crippen LogP contribution >= 0.6 is 39.1 Å². The molecule has 1 atom stereocenters. The Balaban J connectivity index is 2.18. The highest BCUT2D eigenvalue weighted by atomic mass is 79.9. The van der Waals surface area contributed by atoms with E-state index in [9.17, 15) is 4.39 Å². The van der Waals surface area contributed by atoms with Crippen LogP contribution in [-0.2, 0) is 6.42 Å². The van der Waals surface area contributed by atoms with E-state index in [0.29, 0.717) is 21.5 Å². The van der Waals surface area contributed by atoms with E-state index < -0.39 is 5.38 Å². The molecule has 0 aromatic heterocycles. The molecule has 0 spiro atoms. The Morgan fingerprint density at radius 2 is 1.90 bits per heavy atom. The summed E-state index contributed by atoms with van der Waals surface area (Å²) in [5, 5.41) is -0.0317. The topological polar surface area (TPSA) is 9.23 Å². The molecule has 0 bridgehead atoms. The largest absolute Gasteiger partial charge is 0.497 e. The van der Waals surface area contributed by atoms with Gasteiger partial charge in [-0.15, -0.1) is 11.6 Å². The third-order valence-corrected chi connectivity index (χ3v) is 4.54. The monoisotopic (exact) mass is 376 g/mol. The van der Waals surface area contributed by atoms with Crippen molar-refractivity contribution in [1.29, 1.82) is 0 Å². The molecular weight excluding hydrogens is 366 g/mol. The van der Waals surface area contributed by atoms with Crippen LogP contribution in [0.3, 0.4) is 0 Å². The lowest BCUT2D eigenvalue weighted by Gasteiger charge is -2.12. The molecule has 1 unspecified atom stereocenters. The number of benzene rings is 2. The van der Waals surface area contributed by atoms with Crippen molar-refractivity contribution in [2.75, 3.05) is 7.11 Å². The quantitative estimate of drug-likeness (QED) is 0.485. The Labute approximate surface area is 135 Å². The maximum absolute atomic E-state index is 13.9. The molecule has 2 aromatic carbocycles. The Hall–Kier alpha value is -0.770. The summed E-state index contributed by atoms with van der Waals surface area (Å²) < 4.78 is 19.5. The van der Waals surface area contributed by atoms with Gasteiger partial charge in [0, 0.05) is 10.0 Å². The number of hydrogen-bond acceptors (Lipinski definition) is 1. The van der Waals surface area contributed by atoms with Crippen LogP contribution in [0.5, 0.6) is 5.75 Å². The zero-order valence-electron chi connectivity index (χ0n) is 10.7. The van der Waals surface area contributed by atoms with Crippen LogP contribution in [0.2, 0.25) is 5.02 Å². The van der Waals surface area contributed by atoms with Gasteiger partial charge in [-0.3, -0.25) is 0 Å². The summed E-state index contributed by atoms with van der Waals surface area (Å²) >= 11 is 15.5. The van der Waals surface area contributed by atoms with Crippen LogP contribution in [0.4, 0.5) is 4.39 Å². The van der Waals surface area contributed by atoms with E-state index in [0.717, 1.165) is 11.3 Å². The van der Waals surface area contributed by atoms with Crippen molar-refractivity contribution in [2.24, 2.45) is 0 Å². The van der Waals surface area contributed by atoms with Crippen molar-refractivity contribution in [3.05, 3.63) is 62.8 Å². The van der Waals surface area contributed by atoms with Gasteiger partial charge in [0.2, 0.25) is 0 Å². The predicted molar refractivity (Wildman–Crippen MR) is 84.4 cm³/mol. The van der Waals surface area contributed by atoms with Gasteiger partial charge < -0.3 is 4.74 Å². The number of ether oxygens (including phenoxy) is 1. The number of alkyl halides is 1. The molecule has 2 aromatic rings. The smallest absolute Gasteiger partial charge is 0.129 e. The summed E-state index contributed by atoms with van der Waals surface area (Å²) in [6.45, 7) is 0. The summed E-state index contributed by atoms with van der Waals surface area (Å²) in [5.74, 6) is 0.410. The van der Waals surface area contributed by atoms with E-state index in [1.165, 1.54) is 6.07 Å². The van der Waals surface area contributed by atoms with Crippen molar-refractivity contribution in [3.8, 4) is 5.75 Å². The van der Waals surface area contributed by atoms with E-state index in [4.69, 9.17) is 27.9 Å². The minimum atomic E-state index is -0.478. The van der Waals surface area contributed by atoms with E-state index in [2.05, 4.69) is 15.9 Å². The Kier molecular flexibility index (Phi) is 5.30. The number of halogens is 4. The molecule has 20 heavy (non-hydrogen) atoms. The fourth-order valence-corrected chi connectivity index (χ4v) is 2.69. The molecule has 0 N–H and O–H groups in total. The SMILES string of the molecule is COc1ccc(CC(Cl)c2cc(Cl)c(Br)cc2F)cc1. The van der Waals surface area contributed by atoms with E-state index in [-0.39, 0.29) is 5.82 Å². The van der Waals surface area contributed by atoms with E-state index in [1.807, 2.05) is 24.3 Å². The number of hydrogen-bond donors (Lipinski definition) is 0. The van der Waals surface area contributed by atoms with Gasteiger partial charge in [0.05, 0.1) is 17.5 Å². The first-order chi connectivity index (χ1) is 9.51. The van der Waals surface area contributed by atoms with Crippen LogP contribution in [0.15, 0.2) is 40.9 Å². The molecule has 0 amide bonds. The first-order valence-electron chi connectivity index (χ1n) is 5.92. The van der Waals surface area contributed by atoms with Crippen LogP contribution in [-0.4, -0.2) is 7.11 Å². The van der Waals surface area contributed by atoms with Gasteiger partial charge in [0.15, 0.2) is 0 Å². The van der Waals surface area contributed by atoms with E-state index in [1.54, 1.807) is 13.2 Å². The highest BCUT2D eigenvalue weighted by Gasteiger charge is 2.16. The maximum Gasteiger partial charge on any atom is 0.129 e. The molecule has 1 nitrogen and oxygen atoms in total.